The Balaban J connectivity index is 2.44. The van der Waals surface area contributed by atoms with Crippen LogP contribution in [-0.4, -0.2) is 18.1 Å². The van der Waals surface area contributed by atoms with Gasteiger partial charge in [0.25, 0.3) is 0 Å². The van der Waals surface area contributed by atoms with Crippen molar-refractivity contribution >= 4 is 6.41 Å². The topological polar surface area (TPSA) is 49.3 Å². The molecule has 0 unspecified atom stereocenters. The largest absolute Gasteiger partial charge is 0.379 e. The average Bonchev–Trinajstić information content (AvgIpc) is 2.46. The van der Waals surface area contributed by atoms with Gasteiger partial charge in [-0.2, -0.15) is 0 Å². The Morgan fingerprint density at radius 3 is 1.78 bits per heavy atom. The first-order valence-electron chi connectivity index (χ1n) is 5.78. The van der Waals surface area contributed by atoms with E-state index in [1.54, 1.807) is 0 Å². The zero-order chi connectivity index (χ0) is 12.8. The molecule has 3 heteroatoms. The third kappa shape index (κ3) is 2.41. The number of hydrogen-bond donors (Lipinski definition) is 2. The fraction of sp³-hybridized carbons (Fsp3) is 0.133. The van der Waals surface area contributed by atoms with Gasteiger partial charge < -0.3 is 10.4 Å². The van der Waals surface area contributed by atoms with Gasteiger partial charge in [-0.1, -0.05) is 60.7 Å². The molecule has 0 aliphatic rings. The Labute approximate surface area is 106 Å². The SMILES string of the molecule is O=CNCC(O)(c1ccccc1)c1ccccc1. The lowest BCUT2D eigenvalue weighted by Gasteiger charge is -2.29. The summed E-state index contributed by atoms with van der Waals surface area (Å²) in [5, 5.41) is 13.4. The Kier molecular flexibility index (Phi) is 3.75. The lowest BCUT2D eigenvalue weighted by Crippen LogP contribution is -2.38. The minimum atomic E-state index is -1.20. The second-order valence-electron chi connectivity index (χ2n) is 4.09. The van der Waals surface area contributed by atoms with Gasteiger partial charge in [0, 0.05) is 0 Å². The Bertz CT molecular complexity index is 457. The van der Waals surface area contributed by atoms with Gasteiger partial charge in [-0.15, -0.1) is 0 Å². The van der Waals surface area contributed by atoms with Crippen LogP contribution in [0.15, 0.2) is 60.7 Å². The number of benzene rings is 2. The summed E-state index contributed by atoms with van der Waals surface area (Å²) in [5.41, 5.74) is 0.305. The lowest BCUT2D eigenvalue weighted by atomic mass is 9.86. The van der Waals surface area contributed by atoms with Crippen LogP contribution < -0.4 is 5.32 Å². The van der Waals surface area contributed by atoms with E-state index in [9.17, 15) is 9.90 Å². The van der Waals surface area contributed by atoms with Crippen LogP contribution in [0.25, 0.3) is 0 Å². The molecular formula is C15H15NO2. The van der Waals surface area contributed by atoms with Crippen LogP contribution in [0.3, 0.4) is 0 Å². The van der Waals surface area contributed by atoms with Crippen LogP contribution in [0.4, 0.5) is 0 Å². The molecule has 0 saturated heterocycles. The monoisotopic (exact) mass is 241 g/mol. The van der Waals surface area contributed by atoms with Gasteiger partial charge >= 0.3 is 0 Å². The first-order valence-corrected chi connectivity index (χ1v) is 5.78. The normalized spacial score (nSPS) is 10.9. The van der Waals surface area contributed by atoms with Gasteiger partial charge in [0.2, 0.25) is 6.41 Å². The van der Waals surface area contributed by atoms with E-state index in [0.717, 1.165) is 11.1 Å². The smallest absolute Gasteiger partial charge is 0.207 e. The molecule has 0 atom stereocenters. The molecule has 0 aromatic heterocycles. The molecule has 18 heavy (non-hydrogen) atoms. The van der Waals surface area contributed by atoms with Crippen LogP contribution in [-0.2, 0) is 10.4 Å². The molecular weight excluding hydrogens is 226 g/mol. The maximum atomic E-state index is 10.9. The summed E-state index contributed by atoms with van der Waals surface area (Å²) in [4.78, 5) is 10.5. The number of aliphatic hydroxyl groups is 1. The summed E-state index contributed by atoms with van der Waals surface area (Å²) in [6, 6.07) is 18.6. The molecule has 92 valence electrons. The highest BCUT2D eigenvalue weighted by Gasteiger charge is 2.30. The molecule has 0 aliphatic carbocycles. The predicted octanol–water partition coefficient (Wildman–Crippen LogP) is 1.67. The third-order valence-electron chi connectivity index (χ3n) is 2.94. The highest BCUT2D eigenvalue weighted by atomic mass is 16.3. The molecule has 2 aromatic rings. The van der Waals surface area contributed by atoms with E-state index >= 15 is 0 Å². The molecule has 0 saturated carbocycles. The van der Waals surface area contributed by atoms with E-state index in [2.05, 4.69) is 5.32 Å². The molecule has 2 rings (SSSR count). The number of nitrogens with one attached hydrogen (secondary N) is 1. The van der Waals surface area contributed by atoms with E-state index in [-0.39, 0.29) is 6.54 Å². The predicted molar refractivity (Wildman–Crippen MR) is 69.9 cm³/mol. The second kappa shape index (κ2) is 5.47. The van der Waals surface area contributed by atoms with Crippen molar-refractivity contribution in [1.82, 2.24) is 5.32 Å². The van der Waals surface area contributed by atoms with Crippen molar-refractivity contribution in [2.75, 3.05) is 6.54 Å². The summed E-state index contributed by atoms with van der Waals surface area (Å²) in [6.07, 6.45) is 0.594. The van der Waals surface area contributed by atoms with Crippen molar-refractivity contribution in [3.05, 3.63) is 71.8 Å². The fourth-order valence-electron chi connectivity index (χ4n) is 1.99. The van der Waals surface area contributed by atoms with Crippen LogP contribution in [0.5, 0.6) is 0 Å². The minimum Gasteiger partial charge on any atom is -0.379 e. The van der Waals surface area contributed by atoms with E-state index in [1.807, 2.05) is 60.7 Å². The van der Waals surface area contributed by atoms with Gasteiger partial charge in [0.15, 0.2) is 0 Å². The van der Waals surface area contributed by atoms with Crippen molar-refractivity contribution in [2.45, 2.75) is 5.60 Å². The second-order valence-corrected chi connectivity index (χ2v) is 4.09. The van der Waals surface area contributed by atoms with Gasteiger partial charge in [0.1, 0.15) is 5.60 Å². The van der Waals surface area contributed by atoms with Gasteiger partial charge in [-0.3, -0.25) is 4.79 Å². The maximum absolute atomic E-state index is 10.9. The van der Waals surface area contributed by atoms with E-state index in [4.69, 9.17) is 0 Å². The first-order chi connectivity index (χ1) is 8.77. The molecule has 0 radical (unpaired) electrons. The minimum absolute atomic E-state index is 0.143. The molecule has 2 N–H and O–H groups in total. The number of carbonyl (C=O) groups is 1. The number of rotatable bonds is 5. The summed E-state index contributed by atoms with van der Waals surface area (Å²) >= 11 is 0. The molecule has 1 amide bonds. The molecule has 0 bridgehead atoms. The average molecular weight is 241 g/mol. The van der Waals surface area contributed by atoms with Gasteiger partial charge in [0.05, 0.1) is 6.54 Å². The standard InChI is InChI=1S/C15H15NO2/c17-12-16-11-15(18,13-7-3-1-4-8-13)14-9-5-2-6-10-14/h1-10,12,18H,11H2,(H,16,17). The zero-order valence-corrected chi connectivity index (χ0v) is 9.91. The zero-order valence-electron chi connectivity index (χ0n) is 9.91. The summed E-state index contributed by atoms with van der Waals surface area (Å²) < 4.78 is 0. The van der Waals surface area contributed by atoms with Crippen LogP contribution >= 0.6 is 0 Å². The number of amides is 1. The van der Waals surface area contributed by atoms with Crippen LogP contribution in [0.2, 0.25) is 0 Å². The van der Waals surface area contributed by atoms with Crippen molar-refractivity contribution in [3.8, 4) is 0 Å². The van der Waals surface area contributed by atoms with Crippen molar-refractivity contribution in [1.29, 1.82) is 0 Å². The number of hydrogen-bond acceptors (Lipinski definition) is 2. The molecule has 0 spiro atoms. The molecule has 0 fully saturated rings. The highest BCUT2D eigenvalue weighted by Crippen LogP contribution is 2.28. The van der Waals surface area contributed by atoms with Crippen LogP contribution in [0, 0.1) is 0 Å². The van der Waals surface area contributed by atoms with Gasteiger partial charge in [-0.05, 0) is 11.1 Å². The van der Waals surface area contributed by atoms with Crippen LogP contribution in [0.1, 0.15) is 11.1 Å². The molecule has 0 heterocycles. The Morgan fingerprint density at radius 2 is 1.39 bits per heavy atom. The third-order valence-corrected chi connectivity index (χ3v) is 2.94. The quantitative estimate of drug-likeness (QED) is 0.782. The Morgan fingerprint density at radius 1 is 0.944 bits per heavy atom. The molecule has 2 aromatic carbocycles. The Hall–Kier alpha value is -2.13. The summed E-state index contributed by atoms with van der Waals surface area (Å²) in [6.45, 7) is 0.143. The van der Waals surface area contributed by atoms with E-state index in [0.29, 0.717) is 6.41 Å². The number of carbonyl (C=O) groups excluding carboxylic acids is 1. The van der Waals surface area contributed by atoms with Crippen molar-refractivity contribution in [2.24, 2.45) is 0 Å². The van der Waals surface area contributed by atoms with E-state index in [1.165, 1.54) is 0 Å². The van der Waals surface area contributed by atoms with Crippen molar-refractivity contribution in [3.63, 3.8) is 0 Å². The highest BCUT2D eigenvalue weighted by molar-refractivity contribution is 5.47. The van der Waals surface area contributed by atoms with Gasteiger partial charge in [-0.25, -0.2) is 0 Å². The molecule has 3 nitrogen and oxygen atoms in total. The lowest BCUT2D eigenvalue weighted by molar-refractivity contribution is -0.110. The maximum Gasteiger partial charge on any atom is 0.207 e. The first kappa shape index (κ1) is 12.3. The van der Waals surface area contributed by atoms with Crippen molar-refractivity contribution < 1.29 is 9.90 Å². The van der Waals surface area contributed by atoms with E-state index < -0.39 is 5.60 Å². The fourth-order valence-corrected chi connectivity index (χ4v) is 1.99. The molecule has 0 aliphatic heterocycles. The summed E-state index contributed by atoms with van der Waals surface area (Å²) in [7, 11) is 0. The summed E-state index contributed by atoms with van der Waals surface area (Å²) in [5.74, 6) is 0.